The molecular formula is C23H27N3O2S. The van der Waals surface area contributed by atoms with Crippen molar-refractivity contribution in [3.63, 3.8) is 0 Å². The van der Waals surface area contributed by atoms with Gasteiger partial charge >= 0.3 is 0 Å². The summed E-state index contributed by atoms with van der Waals surface area (Å²) in [5.41, 5.74) is 7.25. The summed E-state index contributed by atoms with van der Waals surface area (Å²) in [6.45, 7) is 8.97. The minimum absolute atomic E-state index is 0.126. The first-order chi connectivity index (χ1) is 13.8. The van der Waals surface area contributed by atoms with E-state index in [-0.39, 0.29) is 5.41 Å². The number of hydrazone groups is 1. The monoisotopic (exact) mass is 409 g/mol. The number of nitrogens with one attached hydrogen (secondary N) is 1. The van der Waals surface area contributed by atoms with Crippen LogP contribution in [0.3, 0.4) is 0 Å². The van der Waals surface area contributed by atoms with Crippen molar-refractivity contribution in [2.45, 2.75) is 39.7 Å². The van der Waals surface area contributed by atoms with Gasteiger partial charge in [0.05, 0.1) is 19.0 Å². The zero-order valence-corrected chi connectivity index (χ0v) is 18.3. The van der Waals surface area contributed by atoms with Crippen LogP contribution in [0.15, 0.2) is 52.9 Å². The van der Waals surface area contributed by atoms with Gasteiger partial charge in [0.25, 0.3) is 0 Å². The maximum absolute atomic E-state index is 5.99. The van der Waals surface area contributed by atoms with Crippen molar-refractivity contribution in [3.05, 3.63) is 70.2 Å². The first-order valence-corrected chi connectivity index (χ1v) is 10.3. The third-order valence-corrected chi connectivity index (χ3v) is 5.28. The minimum Gasteiger partial charge on any atom is -0.496 e. The Morgan fingerprint density at radius 2 is 1.90 bits per heavy atom. The van der Waals surface area contributed by atoms with Gasteiger partial charge in [-0.05, 0) is 53.8 Å². The molecule has 1 N–H and O–H groups in total. The molecule has 0 saturated carbocycles. The number of rotatable bonds is 7. The molecule has 0 atom stereocenters. The van der Waals surface area contributed by atoms with E-state index in [1.54, 1.807) is 13.3 Å². The Bertz CT molecular complexity index is 973. The van der Waals surface area contributed by atoms with Crippen molar-refractivity contribution >= 4 is 22.7 Å². The van der Waals surface area contributed by atoms with Crippen LogP contribution in [0.2, 0.25) is 0 Å². The second kappa shape index (κ2) is 9.09. The fraction of sp³-hybridized carbons (Fsp3) is 0.304. The molecule has 0 saturated heterocycles. The van der Waals surface area contributed by atoms with Crippen LogP contribution in [0.5, 0.6) is 11.5 Å². The summed E-state index contributed by atoms with van der Waals surface area (Å²) < 4.78 is 11.5. The van der Waals surface area contributed by atoms with Crippen LogP contribution in [0.25, 0.3) is 0 Å². The molecule has 1 heterocycles. The molecule has 152 valence electrons. The number of aryl methyl sites for hydroxylation is 1. The number of methoxy groups -OCH3 is 1. The van der Waals surface area contributed by atoms with Crippen LogP contribution in [-0.2, 0) is 12.0 Å². The van der Waals surface area contributed by atoms with Gasteiger partial charge in [-0.25, -0.2) is 4.98 Å². The summed E-state index contributed by atoms with van der Waals surface area (Å²) in [6.07, 6.45) is 1.76. The number of anilines is 1. The van der Waals surface area contributed by atoms with Gasteiger partial charge in [-0.15, -0.1) is 11.3 Å². The molecule has 1 aromatic heterocycles. The molecule has 0 aliphatic carbocycles. The van der Waals surface area contributed by atoms with Gasteiger partial charge in [0.15, 0.2) is 0 Å². The van der Waals surface area contributed by atoms with Gasteiger partial charge in [0.2, 0.25) is 5.13 Å². The highest BCUT2D eigenvalue weighted by atomic mass is 32.1. The second-order valence-electron chi connectivity index (χ2n) is 7.80. The lowest BCUT2D eigenvalue weighted by Gasteiger charge is -2.19. The Morgan fingerprint density at radius 3 is 2.52 bits per heavy atom. The molecule has 3 rings (SSSR count). The van der Waals surface area contributed by atoms with Gasteiger partial charge < -0.3 is 9.47 Å². The predicted molar refractivity (Wildman–Crippen MR) is 121 cm³/mol. The number of thiazole rings is 1. The summed E-state index contributed by atoms with van der Waals surface area (Å²) in [5, 5.41) is 7.02. The maximum atomic E-state index is 5.99. The van der Waals surface area contributed by atoms with Crippen molar-refractivity contribution in [1.82, 2.24) is 4.98 Å². The molecule has 0 fully saturated rings. The Balaban J connectivity index is 1.67. The van der Waals surface area contributed by atoms with Gasteiger partial charge in [0, 0.05) is 10.9 Å². The van der Waals surface area contributed by atoms with E-state index in [0.29, 0.717) is 6.61 Å². The Morgan fingerprint density at radius 1 is 1.14 bits per heavy atom. The standard InChI is InChI=1S/C23H27N3O2S/c1-16-15-29-22(25-16)26-24-13-17-6-11-21(27-5)18(12-17)14-28-20-9-7-19(8-10-20)23(2,3)4/h6-13,15H,14H2,1-5H3,(H,25,26). The zero-order valence-electron chi connectivity index (χ0n) is 17.5. The molecule has 2 aromatic carbocycles. The first kappa shape index (κ1) is 20.9. The number of benzene rings is 2. The van der Waals surface area contributed by atoms with E-state index in [0.717, 1.165) is 33.5 Å². The normalized spacial score (nSPS) is 11.6. The quantitative estimate of drug-likeness (QED) is 0.397. The van der Waals surface area contributed by atoms with Gasteiger partial charge in [-0.3, -0.25) is 5.43 Å². The van der Waals surface area contributed by atoms with E-state index < -0.39 is 0 Å². The van der Waals surface area contributed by atoms with Crippen molar-refractivity contribution < 1.29 is 9.47 Å². The summed E-state index contributed by atoms with van der Waals surface area (Å²) in [7, 11) is 1.66. The third kappa shape index (κ3) is 5.81. The first-order valence-electron chi connectivity index (χ1n) is 9.46. The lowest BCUT2D eigenvalue weighted by molar-refractivity contribution is 0.296. The van der Waals surface area contributed by atoms with E-state index in [2.05, 4.69) is 48.4 Å². The zero-order chi connectivity index (χ0) is 20.9. The summed E-state index contributed by atoms with van der Waals surface area (Å²) in [4.78, 5) is 4.32. The fourth-order valence-electron chi connectivity index (χ4n) is 2.77. The minimum atomic E-state index is 0.126. The highest BCUT2D eigenvalue weighted by Gasteiger charge is 2.13. The largest absolute Gasteiger partial charge is 0.496 e. The van der Waals surface area contributed by atoms with Crippen LogP contribution < -0.4 is 14.9 Å². The number of hydrogen-bond acceptors (Lipinski definition) is 6. The Hall–Kier alpha value is -2.86. The van der Waals surface area contributed by atoms with Crippen molar-refractivity contribution in [2.75, 3.05) is 12.5 Å². The summed E-state index contributed by atoms with van der Waals surface area (Å²) >= 11 is 1.53. The van der Waals surface area contributed by atoms with Crippen LogP contribution in [0.1, 0.15) is 43.2 Å². The van der Waals surface area contributed by atoms with E-state index >= 15 is 0 Å². The highest BCUT2D eigenvalue weighted by molar-refractivity contribution is 7.13. The lowest BCUT2D eigenvalue weighted by atomic mass is 9.87. The maximum Gasteiger partial charge on any atom is 0.203 e. The van der Waals surface area contributed by atoms with E-state index in [1.165, 1.54) is 16.9 Å². The Labute approximate surface area is 176 Å². The highest BCUT2D eigenvalue weighted by Crippen LogP contribution is 2.26. The molecule has 6 heteroatoms. The van der Waals surface area contributed by atoms with Crippen LogP contribution in [0.4, 0.5) is 5.13 Å². The molecule has 29 heavy (non-hydrogen) atoms. The van der Waals surface area contributed by atoms with Crippen LogP contribution in [0, 0.1) is 6.92 Å². The Kier molecular flexibility index (Phi) is 6.54. The molecule has 0 aliphatic heterocycles. The predicted octanol–water partition coefficient (Wildman–Crippen LogP) is 5.78. The lowest BCUT2D eigenvalue weighted by Crippen LogP contribution is -2.10. The summed E-state index contributed by atoms with van der Waals surface area (Å²) in [6, 6.07) is 14.1. The van der Waals surface area contributed by atoms with E-state index in [1.807, 2.05) is 42.6 Å². The smallest absolute Gasteiger partial charge is 0.203 e. The van der Waals surface area contributed by atoms with Crippen molar-refractivity contribution in [2.24, 2.45) is 5.10 Å². The molecule has 0 spiro atoms. The van der Waals surface area contributed by atoms with Crippen LogP contribution >= 0.6 is 11.3 Å². The van der Waals surface area contributed by atoms with E-state index in [9.17, 15) is 0 Å². The van der Waals surface area contributed by atoms with Gasteiger partial charge in [0.1, 0.15) is 18.1 Å². The number of ether oxygens (including phenoxy) is 2. The SMILES string of the molecule is COc1ccc(C=NNc2nc(C)cs2)cc1COc1ccc(C(C)(C)C)cc1. The van der Waals surface area contributed by atoms with Crippen LogP contribution in [-0.4, -0.2) is 18.3 Å². The fourth-order valence-corrected chi connectivity index (χ4v) is 3.41. The van der Waals surface area contributed by atoms with Gasteiger partial charge in [-0.2, -0.15) is 5.10 Å². The molecule has 5 nitrogen and oxygen atoms in total. The topological polar surface area (TPSA) is 55.7 Å². The average molecular weight is 410 g/mol. The molecular weight excluding hydrogens is 382 g/mol. The number of hydrogen-bond donors (Lipinski definition) is 1. The van der Waals surface area contributed by atoms with Gasteiger partial charge in [-0.1, -0.05) is 32.9 Å². The molecule has 0 amide bonds. The third-order valence-electron chi connectivity index (χ3n) is 4.41. The molecule has 0 unspecified atom stereocenters. The molecule has 3 aromatic rings. The summed E-state index contributed by atoms with van der Waals surface area (Å²) in [5.74, 6) is 1.62. The van der Waals surface area contributed by atoms with Crippen molar-refractivity contribution in [1.29, 1.82) is 0 Å². The van der Waals surface area contributed by atoms with E-state index in [4.69, 9.17) is 9.47 Å². The average Bonchev–Trinajstić information content (AvgIpc) is 3.11. The number of aromatic nitrogens is 1. The molecule has 0 bridgehead atoms. The molecule has 0 aliphatic rings. The second-order valence-corrected chi connectivity index (χ2v) is 8.66. The van der Waals surface area contributed by atoms with Crippen molar-refractivity contribution in [3.8, 4) is 11.5 Å². The molecule has 0 radical (unpaired) electrons. The number of nitrogens with zero attached hydrogens (tertiary/aromatic N) is 2.